The van der Waals surface area contributed by atoms with Crippen LogP contribution in [-0.2, 0) is 5.41 Å². The van der Waals surface area contributed by atoms with Crippen LogP contribution in [-0.4, -0.2) is 6.71 Å². The zero-order valence-electron chi connectivity index (χ0n) is 34.5. The smallest absolute Gasteiger partial charge is 0.252 e. The second-order valence-electron chi connectivity index (χ2n) is 17.3. The van der Waals surface area contributed by atoms with Crippen molar-refractivity contribution in [1.29, 1.82) is 0 Å². The minimum atomic E-state index is -0.153. The lowest BCUT2D eigenvalue weighted by Crippen LogP contribution is -2.61. The lowest BCUT2D eigenvalue weighted by atomic mass is 9.33. The maximum absolute atomic E-state index is 6.49. The Morgan fingerprint density at radius 3 is 1.87 bits per heavy atom. The molecule has 0 radical (unpaired) electrons. The van der Waals surface area contributed by atoms with Crippen LogP contribution in [0.3, 0.4) is 0 Å². The summed E-state index contributed by atoms with van der Waals surface area (Å²) in [6.07, 6.45) is 0. The Balaban J connectivity index is 1.09. The van der Waals surface area contributed by atoms with Crippen LogP contribution in [0, 0.1) is 0 Å². The fourth-order valence-electron chi connectivity index (χ4n) is 10.9. The third kappa shape index (κ3) is 4.91. The molecule has 0 saturated carbocycles. The summed E-state index contributed by atoms with van der Waals surface area (Å²) in [5.74, 6) is 0. The Morgan fingerprint density at radius 1 is 0.435 bits per heavy atom. The van der Waals surface area contributed by atoms with E-state index in [2.05, 4.69) is 229 Å². The quantitative estimate of drug-likeness (QED) is 0.162. The number of furan rings is 1. The molecule has 1 aliphatic carbocycles. The number of fused-ring (bicyclic) bond motifs is 10. The normalized spacial score (nSPS) is 14.0. The minimum Gasteiger partial charge on any atom is -0.456 e. The summed E-state index contributed by atoms with van der Waals surface area (Å²) in [4.78, 5) is 7.41. The number of benzene rings is 9. The van der Waals surface area contributed by atoms with Gasteiger partial charge in [0.15, 0.2) is 0 Å². The van der Waals surface area contributed by atoms with Gasteiger partial charge in [0.1, 0.15) is 11.2 Å². The van der Waals surface area contributed by atoms with E-state index in [4.69, 9.17) is 4.42 Å². The van der Waals surface area contributed by atoms with Gasteiger partial charge in [-0.3, -0.25) is 0 Å². The summed E-state index contributed by atoms with van der Waals surface area (Å²) in [6.45, 7) is 4.74. The number of rotatable bonds is 5. The van der Waals surface area contributed by atoms with Gasteiger partial charge in [-0.15, -0.1) is 0 Å². The number of hydrogen-bond donors (Lipinski definition) is 0. The highest BCUT2D eigenvalue weighted by atomic mass is 16.3. The summed E-state index contributed by atoms with van der Waals surface area (Å²) in [5, 5.41) is 2.24. The molecule has 0 spiro atoms. The average Bonchev–Trinajstić information content (AvgIpc) is 3.81. The van der Waals surface area contributed by atoms with Gasteiger partial charge in [-0.25, -0.2) is 0 Å². The topological polar surface area (TPSA) is 22.9 Å². The number of para-hydroxylation sites is 4. The van der Waals surface area contributed by atoms with Gasteiger partial charge in [0.25, 0.3) is 6.71 Å². The van der Waals surface area contributed by atoms with E-state index in [1.165, 1.54) is 61.4 Å². The van der Waals surface area contributed by atoms with E-state index < -0.39 is 0 Å². The second-order valence-corrected chi connectivity index (χ2v) is 17.3. The minimum absolute atomic E-state index is 0.00808. The molecule has 3 aliphatic rings. The highest BCUT2D eigenvalue weighted by Crippen LogP contribution is 2.52. The molecule has 0 bridgehead atoms. The Bertz CT molecular complexity index is 3390. The molecule has 4 nitrogen and oxygen atoms in total. The molecule has 2 aliphatic heterocycles. The van der Waals surface area contributed by atoms with E-state index in [1.807, 2.05) is 6.07 Å². The molecule has 9 aromatic carbocycles. The number of anilines is 9. The van der Waals surface area contributed by atoms with E-state index >= 15 is 0 Å². The summed E-state index contributed by atoms with van der Waals surface area (Å²) >= 11 is 0. The van der Waals surface area contributed by atoms with Gasteiger partial charge in [-0.1, -0.05) is 135 Å². The third-order valence-corrected chi connectivity index (χ3v) is 13.6. The molecule has 5 heteroatoms. The first-order valence-corrected chi connectivity index (χ1v) is 21.6. The van der Waals surface area contributed by atoms with Crippen molar-refractivity contribution in [1.82, 2.24) is 0 Å². The van der Waals surface area contributed by atoms with E-state index in [-0.39, 0.29) is 12.1 Å². The van der Waals surface area contributed by atoms with Gasteiger partial charge in [-0.05, 0) is 124 Å². The fourth-order valence-corrected chi connectivity index (χ4v) is 10.9. The zero-order chi connectivity index (χ0) is 41.1. The molecule has 292 valence electrons. The Kier molecular flexibility index (Phi) is 7.42. The van der Waals surface area contributed by atoms with Crippen molar-refractivity contribution < 1.29 is 4.42 Å². The zero-order valence-corrected chi connectivity index (χ0v) is 34.5. The summed E-state index contributed by atoms with van der Waals surface area (Å²) in [5.41, 5.74) is 21.1. The highest BCUT2D eigenvalue weighted by molar-refractivity contribution is 7.00. The van der Waals surface area contributed by atoms with E-state index in [0.717, 1.165) is 50.4 Å². The first-order valence-electron chi connectivity index (χ1n) is 21.6. The summed E-state index contributed by atoms with van der Waals surface area (Å²) in [6, 6.07) is 75.4. The monoisotopic (exact) mass is 793 g/mol. The first kappa shape index (κ1) is 35.0. The molecule has 1 aromatic heterocycles. The van der Waals surface area contributed by atoms with Gasteiger partial charge in [0, 0.05) is 56.3 Å². The van der Waals surface area contributed by atoms with Gasteiger partial charge in [-0.2, -0.15) is 0 Å². The maximum Gasteiger partial charge on any atom is 0.252 e. The van der Waals surface area contributed by atoms with Crippen molar-refractivity contribution in [3.05, 3.63) is 217 Å². The van der Waals surface area contributed by atoms with Crippen molar-refractivity contribution in [3.8, 4) is 11.1 Å². The van der Waals surface area contributed by atoms with Crippen LogP contribution >= 0.6 is 0 Å². The summed E-state index contributed by atoms with van der Waals surface area (Å²) in [7, 11) is 0. The van der Waals surface area contributed by atoms with E-state index in [9.17, 15) is 0 Å². The van der Waals surface area contributed by atoms with E-state index in [0.29, 0.717) is 0 Å². The van der Waals surface area contributed by atoms with Crippen molar-refractivity contribution >= 4 is 96.2 Å². The predicted molar refractivity (Wildman–Crippen MR) is 260 cm³/mol. The molecule has 0 fully saturated rings. The van der Waals surface area contributed by atoms with Crippen molar-refractivity contribution in [2.45, 2.75) is 19.3 Å². The number of hydrogen-bond acceptors (Lipinski definition) is 4. The molecular formula is C57H40BN3O. The van der Waals surface area contributed by atoms with Crippen LogP contribution in [0.4, 0.5) is 51.2 Å². The van der Waals surface area contributed by atoms with Crippen molar-refractivity contribution in [2.24, 2.45) is 0 Å². The van der Waals surface area contributed by atoms with Gasteiger partial charge in [0.05, 0.1) is 11.1 Å². The van der Waals surface area contributed by atoms with Gasteiger partial charge < -0.3 is 19.1 Å². The van der Waals surface area contributed by atoms with Crippen LogP contribution in [0.25, 0.3) is 33.1 Å². The molecule has 13 rings (SSSR count). The molecule has 0 atom stereocenters. The molecule has 0 amide bonds. The standard InChI is InChI=1S/C57H40BN3O/c1-57(2)44-23-11-9-21-41(44)42-33-31-39(35-45(42)57)60-50-27-15-28-51-56(50)58(47-34-32-40(36-52(47)60)59(37-17-5-3-6-18-37)38-19-7-4-8-20-38)46-24-12-13-25-48(46)61(51)49-26-16-30-54-55(49)43-22-10-14-29-53(43)62-54/h3-36H,1-2H3. The average molecular weight is 794 g/mol. The molecule has 10 aromatic rings. The SMILES string of the molecule is CC1(C)c2ccccc2-c2ccc(N3c4cc(N(c5ccccc5)c5ccccc5)ccc4B4c5ccccc5N(c5cccc6oc7ccccc7c56)c5cccc3c54)cc21. The lowest BCUT2D eigenvalue weighted by Gasteiger charge is -2.44. The fraction of sp³-hybridized carbons (Fsp3) is 0.0526. The Labute approximate surface area is 361 Å². The van der Waals surface area contributed by atoms with Crippen LogP contribution in [0.1, 0.15) is 25.0 Å². The highest BCUT2D eigenvalue weighted by Gasteiger charge is 2.44. The van der Waals surface area contributed by atoms with Crippen LogP contribution in [0.5, 0.6) is 0 Å². The third-order valence-electron chi connectivity index (χ3n) is 13.6. The molecular weight excluding hydrogens is 753 g/mol. The first-order chi connectivity index (χ1) is 30.5. The van der Waals surface area contributed by atoms with Crippen LogP contribution in [0.2, 0.25) is 0 Å². The largest absolute Gasteiger partial charge is 0.456 e. The number of nitrogens with zero attached hydrogens (tertiary/aromatic N) is 3. The molecule has 62 heavy (non-hydrogen) atoms. The van der Waals surface area contributed by atoms with Crippen molar-refractivity contribution in [2.75, 3.05) is 14.7 Å². The van der Waals surface area contributed by atoms with E-state index in [1.54, 1.807) is 0 Å². The lowest BCUT2D eigenvalue weighted by molar-refractivity contribution is 0.660. The maximum atomic E-state index is 6.49. The molecule has 0 saturated heterocycles. The van der Waals surface area contributed by atoms with Crippen LogP contribution in [0.15, 0.2) is 211 Å². The predicted octanol–water partition coefficient (Wildman–Crippen LogP) is 13.4. The van der Waals surface area contributed by atoms with Crippen molar-refractivity contribution in [3.63, 3.8) is 0 Å². The Hall–Kier alpha value is -7.76. The Morgan fingerprint density at radius 2 is 1.05 bits per heavy atom. The van der Waals surface area contributed by atoms with Gasteiger partial charge >= 0.3 is 0 Å². The van der Waals surface area contributed by atoms with Crippen LogP contribution < -0.4 is 31.1 Å². The second kappa shape index (κ2) is 13.1. The molecule has 3 heterocycles. The van der Waals surface area contributed by atoms with Gasteiger partial charge in [0.2, 0.25) is 0 Å². The molecule has 0 unspecified atom stereocenters. The summed E-state index contributed by atoms with van der Waals surface area (Å²) < 4.78 is 6.49. The molecule has 0 N–H and O–H groups in total.